The Balaban J connectivity index is 2.20. The summed E-state index contributed by atoms with van der Waals surface area (Å²) >= 11 is 3.36. The molecule has 5 heteroatoms. The molecule has 0 aliphatic carbocycles. The van der Waals surface area contributed by atoms with Crippen molar-refractivity contribution in [2.45, 2.75) is 13.5 Å². The van der Waals surface area contributed by atoms with Crippen LogP contribution < -0.4 is 4.74 Å². The van der Waals surface area contributed by atoms with Gasteiger partial charge in [0.15, 0.2) is 0 Å². The standard InChI is InChI=1S/C15H16BrNO3/c1-10-11(6-7-20-10)9-17(2)15(18)13-5-4-12(16)8-14(13)19-3/h4-8H,9H2,1-3H3. The SMILES string of the molecule is COc1cc(Br)ccc1C(=O)N(C)Cc1ccoc1C. The molecule has 0 saturated heterocycles. The van der Waals surface area contributed by atoms with Crippen molar-refractivity contribution >= 4 is 21.8 Å². The van der Waals surface area contributed by atoms with Gasteiger partial charge < -0.3 is 14.1 Å². The fourth-order valence-corrected chi connectivity index (χ4v) is 2.29. The molecule has 1 aromatic carbocycles. The van der Waals surface area contributed by atoms with Crippen molar-refractivity contribution in [3.05, 3.63) is 51.9 Å². The first-order valence-electron chi connectivity index (χ1n) is 6.15. The lowest BCUT2D eigenvalue weighted by atomic mass is 10.1. The van der Waals surface area contributed by atoms with Crippen LogP contribution in [-0.4, -0.2) is 25.0 Å². The van der Waals surface area contributed by atoms with Crippen molar-refractivity contribution in [1.82, 2.24) is 4.90 Å². The van der Waals surface area contributed by atoms with E-state index < -0.39 is 0 Å². The first kappa shape index (κ1) is 14.7. The van der Waals surface area contributed by atoms with Gasteiger partial charge in [-0.3, -0.25) is 4.79 Å². The molecular weight excluding hydrogens is 322 g/mol. The van der Waals surface area contributed by atoms with E-state index in [-0.39, 0.29) is 5.91 Å². The summed E-state index contributed by atoms with van der Waals surface area (Å²) in [6.45, 7) is 2.38. The normalized spacial score (nSPS) is 10.4. The summed E-state index contributed by atoms with van der Waals surface area (Å²) < 4.78 is 11.4. The van der Waals surface area contributed by atoms with Crippen LogP contribution in [0.5, 0.6) is 5.75 Å². The van der Waals surface area contributed by atoms with Crippen LogP contribution in [0.15, 0.2) is 39.4 Å². The van der Waals surface area contributed by atoms with Crippen LogP contribution in [-0.2, 0) is 6.54 Å². The number of benzene rings is 1. The first-order chi connectivity index (χ1) is 9.52. The molecule has 106 valence electrons. The third-order valence-electron chi connectivity index (χ3n) is 3.11. The van der Waals surface area contributed by atoms with Gasteiger partial charge >= 0.3 is 0 Å². The smallest absolute Gasteiger partial charge is 0.257 e. The lowest BCUT2D eigenvalue weighted by Crippen LogP contribution is -2.26. The van der Waals surface area contributed by atoms with Gasteiger partial charge in [-0.05, 0) is 31.2 Å². The van der Waals surface area contributed by atoms with E-state index in [1.807, 2.05) is 19.1 Å². The van der Waals surface area contributed by atoms with Crippen LogP contribution in [0.4, 0.5) is 0 Å². The highest BCUT2D eigenvalue weighted by Crippen LogP contribution is 2.25. The summed E-state index contributed by atoms with van der Waals surface area (Å²) in [6.07, 6.45) is 1.63. The number of nitrogens with zero attached hydrogens (tertiary/aromatic N) is 1. The number of amides is 1. The van der Waals surface area contributed by atoms with Gasteiger partial charge in [0.25, 0.3) is 5.91 Å². The molecule has 0 atom stereocenters. The Kier molecular flexibility index (Phi) is 4.49. The van der Waals surface area contributed by atoms with Gasteiger partial charge in [0, 0.05) is 23.6 Å². The Morgan fingerprint density at radius 1 is 1.40 bits per heavy atom. The summed E-state index contributed by atoms with van der Waals surface area (Å²) in [4.78, 5) is 14.1. The van der Waals surface area contributed by atoms with Crippen LogP contribution in [0.3, 0.4) is 0 Å². The number of halogens is 1. The lowest BCUT2D eigenvalue weighted by molar-refractivity contribution is 0.0781. The molecule has 0 fully saturated rings. The third kappa shape index (κ3) is 3.04. The third-order valence-corrected chi connectivity index (χ3v) is 3.61. The Bertz CT molecular complexity index is 621. The number of carbonyl (C=O) groups excluding carboxylic acids is 1. The number of methoxy groups -OCH3 is 1. The molecule has 0 unspecified atom stereocenters. The fourth-order valence-electron chi connectivity index (χ4n) is 1.95. The summed E-state index contributed by atoms with van der Waals surface area (Å²) in [6, 6.07) is 7.23. The average molecular weight is 338 g/mol. The summed E-state index contributed by atoms with van der Waals surface area (Å²) in [5.41, 5.74) is 1.54. The number of ether oxygens (including phenoxy) is 1. The van der Waals surface area contributed by atoms with Crippen molar-refractivity contribution in [2.75, 3.05) is 14.2 Å². The molecule has 0 N–H and O–H groups in total. The highest BCUT2D eigenvalue weighted by molar-refractivity contribution is 9.10. The summed E-state index contributed by atoms with van der Waals surface area (Å²) in [5.74, 6) is 1.29. The van der Waals surface area contributed by atoms with Crippen LogP contribution in [0.2, 0.25) is 0 Å². The molecule has 0 radical (unpaired) electrons. The number of hydrogen-bond donors (Lipinski definition) is 0. The Morgan fingerprint density at radius 2 is 2.15 bits per heavy atom. The van der Waals surface area contributed by atoms with Crippen LogP contribution in [0, 0.1) is 6.92 Å². The Labute approximate surface area is 126 Å². The zero-order valence-corrected chi connectivity index (χ0v) is 13.2. The predicted molar refractivity (Wildman–Crippen MR) is 79.9 cm³/mol. The van der Waals surface area contributed by atoms with Gasteiger partial charge in [0.2, 0.25) is 0 Å². The van der Waals surface area contributed by atoms with Crippen LogP contribution in [0.1, 0.15) is 21.7 Å². The monoisotopic (exact) mass is 337 g/mol. The van der Waals surface area contributed by atoms with E-state index >= 15 is 0 Å². The van der Waals surface area contributed by atoms with Gasteiger partial charge in [-0.1, -0.05) is 15.9 Å². The molecule has 1 aromatic heterocycles. The molecule has 0 spiro atoms. The molecule has 0 bridgehead atoms. The van der Waals surface area contributed by atoms with E-state index in [1.165, 1.54) is 0 Å². The quantitative estimate of drug-likeness (QED) is 0.855. The number of aryl methyl sites for hydroxylation is 1. The maximum atomic E-state index is 12.5. The second kappa shape index (κ2) is 6.13. The molecule has 20 heavy (non-hydrogen) atoms. The molecule has 2 aromatic rings. The maximum Gasteiger partial charge on any atom is 0.257 e. The van der Waals surface area contributed by atoms with Gasteiger partial charge in [-0.25, -0.2) is 0 Å². The van der Waals surface area contributed by atoms with Crippen molar-refractivity contribution < 1.29 is 13.9 Å². The minimum atomic E-state index is -0.0880. The molecule has 4 nitrogen and oxygen atoms in total. The second-order valence-electron chi connectivity index (χ2n) is 4.51. The number of carbonyl (C=O) groups is 1. The van der Waals surface area contributed by atoms with Crippen molar-refractivity contribution in [2.24, 2.45) is 0 Å². The van der Waals surface area contributed by atoms with Crippen molar-refractivity contribution in [1.29, 1.82) is 0 Å². The molecule has 0 aliphatic rings. The molecule has 0 saturated carbocycles. The van der Waals surface area contributed by atoms with Gasteiger partial charge in [0.05, 0.1) is 18.9 Å². The number of hydrogen-bond acceptors (Lipinski definition) is 3. The first-order valence-corrected chi connectivity index (χ1v) is 6.94. The van der Waals surface area contributed by atoms with Crippen molar-refractivity contribution in [3.63, 3.8) is 0 Å². The van der Waals surface area contributed by atoms with E-state index in [0.29, 0.717) is 17.9 Å². The van der Waals surface area contributed by atoms with Crippen molar-refractivity contribution in [3.8, 4) is 5.75 Å². The topological polar surface area (TPSA) is 42.7 Å². The number of furan rings is 1. The molecular formula is C15H16BrNO3. The summed E-state index contributed by atoms with van der Waals surface area (Å²) in [5, 5.41) is 0. The van der Waals surface area contributed by atoms with Crippen LogP contribution in [0.25, 0.3) is 0 Å². The average Bonchev–Trinajstić information content (AvgIpc) is 2.83. The van der Waals surface area contributed by atoms with E-state index in [2.05, 4.69) is 15.9 Å². The minimum Gasteiger partial charge on any atom is -0.496 e. The lowest BCUT2D eigenvalue weighted by Gasteiger charge is -2.18. The largest absolute Gasteiger partial charge is 0.496 e. The van der Waals surface area contributed by atoms with E-state index in [1.54, 1.807) is 37.5 Å². The van der Waals surface area contributed by atoms with E-state index in [0.717, 1.165) is 15.8 Å². The summed E-state index contributed by atoms with van der Waals surface area (Å²) in [7, 11) is 3.31. The van der Waals surface area contributed by atoms with E-state index in [4.69, 9.17) is 9.15 Å². The molecule has 1 amide bonds. The Morgan fingerprint density at radius 3 is 2.75 bits per heavy atom. The second-order valence-corrected chi connectivity index (χ2v) is 5.42. The van der Waals surface area contributed by atoms with Gasteiger partial charge in [0.1, 0.15) is 11.5 Å². The Hall–Kier alpha value is -1.75. The van der Waals surface area contributed by atoms with Gasteiger partial charge in [-0.15, -0.1) is 0 Å². The highest BCUT2D eigenvalue weighted by atomic mass is 79.9. The molecule has 2 rings (SSSR count). The molecule has 0 aliphatic heterocycles. The van der Waals surface area contributed by atoms with Gasteiger partial charge in [-0.2, -0.15) is 0 Å². The zero-order chi connectivity index (χ0) is 14.7. The number of rotatable bonds is 4. The molecule has 1 heterocycles. The van der Waals surface area contributed by atoms with Crippen LogP contribution >= 0.6 is 15.9 Å². The predicted octanol–water partition coefficient (Wildman–Crippen LogP) is 3.63. The minimum absolute atomic E-state index is 0.0880. The fraction of sp³-hybridized carbons (Fsp3) is 0.267. The maximum absolute atomic E-state index is 12.5. The highest BCUT2D eigenvalue weighted by Gasteiger charge is 2.18. The zero-order valence-electron chi connectivity index (χ0n) is 11.6. The van der Waals surface area contributed by atoms with E-state index in [9.17, 15) is 4.79 Å².